The lowest BCUT2D eigenvalue weighted by atomic mass is 10.1. The molecule has 1 saturated heterocycles. The Hall–Kier alpha value is -2.59. The molecule has 7 nitrogen and oxygen atoms in total. The van der Waals surface area contributed by atoms with Gasteiger partial charge in [0.25, 0.3) is 0 Å². The quantitative estimate of drug-likeness (QED) is 0.924. The lowest BCUT2D eigenvalue weighted by Gasteiger charge is -2.40. The molecule has 0 bridgehead atoms. The van der Waals surface area contributed by atoms with Gasteiger partial charge >= 0.3 is 5.97 Å². The molecule has 1 N–H and O–H groups in total. The van der Waals surface area contributed by atoms with E-state index in [2.05, 4.69) is 15.2 Å². The summed E-state index contributed by atoms with van der Waals surface area (Å²) in [6.07, 6.45) is 1.43. The SMILES string of the molecule is N#Cc1ccc(N2CC(n3cc(C(=O)O)nn3)C2)cc1Cl. The standard InChI is InChI=1S/C13H10ClN5O2/c14-11-3-9(2-1-8(11)4-15)18-5-10(6-18)19-7-12(13(20)21)16-17-19/h1-3,7,10H,5-6H2,(H,20,21). The molecule has 1 aromatic carbocycles. The molecule has 1 fully saturated rings. The number of hydrogen-bond acceptors (Lipinski definition) is 5. The molecular weight excluding hydrogens is 294 g/mol. The molecule has 0 radical (unpaired) electrons. The second kappa shape index (κ2) is 5.07. The molecule has 0 saturated carbocycles. The van der Waals surface area contributed by atoms with Gasteiger partial charge in [-0.05, 0) is 18.2 Å². The summed E-state index contributed by atoms with van der Waals surface area (Å²) in [7, 11) is 0. The van der Waals surface area contributed by atoms with E-state index < -0.39 is 5.97 Å². The first-order valence-corrected chi connectivity index (χ1v) is 6.56. The Morgan fingerprint density at radius 2 is 2.24 bits per heavy atom. The van der Waals surface area contributed by atoms with Gasteiger partial charge in [-0.1, -0.05) is 16.8 Å². The van der Waals surface area contributed by atoms with Crippen LogP contribution in [0.2, 0.25) is 5.02 Å². The maximum atomic E-state index is 10.8. The van der Waals surface area contributed by atoms with Crippen molar-refractivity contribution in [1.82, 2.24) is 15.0 Å². The van der Waals surface area contributed by atoms with Crippen LogP contribution in [0, 0.1) is 11.3 Å². The van der Waals surface area contributed by atoms with E-state index in [0.29, 0.717) is 23.7 Å². The summed E-state index contributed by atoms with van der Waals surface area (Å²) in [5, 5.41) is 25.5. The number of nitrogens with zero attached hydrogens (tertiary/aromatic N) is 5. The predicted octanol–water partition coefficient (Wildman–Crippen LogP) is 1.56. The Balaban J connectivity index is 1.69. The Kier molecular flexibility index (Phi) is 3.23. The average molecular weight is 304 g/mol. The molecule has 1 aliphatic heterocycles. The molecule has 0 amide bonds. The number of halogens is 1. The molecule has 0 unspecified atom stereocenters. The van der Waals surface area contributed by atoms with Crippen molar-refractivity contribution in [2.45, 2.75) is 6.04 Å². The summed E-state index contributed by atoms with van der Waals surface area (Å²) in [6, 6.07) is 7.37. The van der Waals surface area contributed by atoms with Gasteiger partial charge in [-0.3, -0.25) is 0 Å². The van der Waals surface area contributed by atoms with Crippen molar-refractivity contribution in [3.63, 3.8) is 0 Å². The molecule has 8 heteroatoms. The Morgan fingerprint density at radius 3 is 2.81 bits per heavy atom. The van der Waals surface area contributed by atoms with Crippen LogP contribution in [0.25, 0.3) is 0 Å². The molecule has 21 heavy (non-hydrogen) atoms. The minimum atomic E-state index is -1.09. The van der Waals surface area contributed by atoms with Gasteiger partial charge in [0.05, 0.1) is 22.8 Å². The van der Waals surface area contributed by atoms with Gasteiger partial charge in [0.2, 0.25) is 0 Å². The van der Waals surface area contributed by atoms with Crippen LogP contribution < -0.4 is 4.90 Å². The molecule has 2 aromatic rings. The Bertz CT molecular complexity index is 745. The maximum absolute atomic E-state index is 10.8. The maximum Gasteiger partial charge on any atom is 0.358 e. The lowest BCUT2D eigenvalue weighted by molar-refractivity contribution is 0.0690. The Labute approximate surface area is 125 Å². The summed E-state index contributed by atoms with van der Waals surface area (Å²) >= 11 is 6.00. The van der Waals surface area contributed by atoms with E-state index in [0.717, 1.165) is 5.69 Å². The first-order valence-electron chi connectivity index (χ1n) is 6.18. The monoisotopic (exact) mass is 303 g/mol. The summed E-state index contributed by atoms with van der Waals surface area (Å²) in [5.41, 5.74) is 1.31. The van der Waals surface area contributed by atoms with Crippen molar-refractivity contribution in [1.29, 1.82) is 5.26 Å². The third-order valence-corrected chi connectivity index (χ3v) is 3.72. The van der Waals surface area contributed by atoms with E-state index in [9.17, 15) is 4.79 Å². The van der Waals surface area contributed by atoms with Crippen LogP contribution >= 0.6 is 11.6 Å². The van der Waals surface area contributed by atoms with Gasteiger partial charge in [0, 0.05) is 18.8 Å². The smallest absolute Gasteiger partial charge is 0.358 e. The number of benzene rings is 1. The average Bonchev–Trinajstić information content (AvgIpc) is 2.87. The molecule has 3 rings (SSSR count). The van der Waals surface area contributed by atoms with Crippen LogP contribution in [0.5, 0.6) is 0 Å². The number of anilines is 1. The van der Waals surface area contributed by atoms with Crippen molar-refractivity contribution in [2.24, 2.45) is 0 Å². The first-order chi connectivity index (χ1) is 10.1. The number of nitriles is 1. The lowest BCUT2D eigenvalue weighted by Crippen LogP contribution is -2.48. The zero-order chi connectivity index (χ0) is 15.0. The third kappa shape index (κ3) is 2.41. The van der Waals surface area contributed by atoms with E-state index in [1.54, 1.807) is 16.8 Å². The van der Waals surface area contributed by atoms with Crippen LogP contribution in [0.3, 0.4) is 0 Å². The fraction of sp³-hybridized carbons (Fsp3) is 0.231. The summed E-state index contributed by atoms with van der Waals surface area (Å²) in [5.74, 6) is -1.09. The summed E-state index contributed by atoms with van der Waals surface area (Å²) < 4.78 is 1.56. The Morgan fingerprint density at radius 1 is 1.48 bits per heavy atom. The molecule has 1 aromatic heterocycles. The second-order valence-corrected chi connectivity index (χ2v) is 5.13. The summed E-state index contributed by atoms with van der Waals surface area (Å²) in [6.45, 7) is 1.37. The van der Waals surface area contributed by atoms with Crippen molar-refractivity contribution in [3.8, 4) is 6.07 Å². The zero-order valence-corrected chi connectivity index (χ0v) is 11.5. The van der Waals surface area contributed by atoms with E-state index in [1.807, 2.05) is 12.1 Å². The van der Waals surface area contributed by atoms with E-state index in [4.69, 9.17) is 22.0 Å². The van der Waals surface area contributed by atoms with Crippen molar-refractivity contribution < 1.29 is 9.90 Å². The predicted molar refractivity (Wildman–Crippen MR) is 74.4 cm³/mol. The molecule has 106 valence electrons. The first kappa shape index (κ1) is 13.4. The van der Waals surface area contributed by atoms with E-state index in [1.165, 1.54) is 6.20 Å². The molecule has 0 spiro atoms. The van der Waals surface area contributed by atoms with Gasteiger partial charge in [0.1, 0.15) is 6.07 Å². The number of carbonyl (C=O) groups is 1. The van der Waals surface area contributed by atoms with Gasteiger partial charge in [-0.2, -0.15) is 5.26 Å². The largest absolute Gasteiger partial charge is 0.476 e. The summed E-state index contributed by atoms with van der Waals surface area (Å²) in [4.78, 5) is 12.8. The molecule has 2 heterocycles. The van der Waals surface area contributed by atoms with Crippen LogP contribution in [0.1, 0.15) is 22.1 Å². The van der Waals surface area contributed by atoms with Crippen LogP contribution in [-0.4, -0.2) is 39.2 Å². The van der Waals surface area contributed by atoms with Crippen LogP contribution in [0.15, 0.2) is 24.4 Å². The molecule has 1 aliphatic rings. The second-order valence-electron chi connectivity index (χ2n) is 4.72. The van der Waals surface area contributed by atoms with Gasteiger partial charge in [-0.15, -0.1) is 5.10 Å². The molecular formula is C13H10ClN5O2. The fourth-order valence-electron chi connectivity index (χ4n) is 2.18. The molecule has 0 atom stereocenters. The highest BCUT2D eigenvalue weighted by atomic mass is 35.5. The number of rotatable bonds is 3. The van der Waals surface area contributed by atoms with Gasteiger partial charge < -0.3 is 10.0 Å². The van der Waals surface area contributed by atoms with Crippen molar-refractivity contribution in [3.05, 3.63) is 40.7 Å². The highest BCUT2D eigenvalue weighted by Gasteiger charge is 2.30. The minimum absolute atomic E-state index is 0.0603. The van der Waals surface area contributed by atoms with E-state index >= 15 is 0 Å². The number of carboxylic acid groups (broad SMARTS) is 1. The van der Waals surface area contributed by atoms with Gasteiger partial charge in [0.15, 0.2) is 5.69 Å². The number of hydrogen-bond donors (Lipinski definition) is 1. The number of aromatic carboxylic acids is 1. The normalized spacial score (nSPS) is 14.6. The van der Waals surface area contributed by atoms with Crippen LogP contribution in [0.4, 0.5) is 5.69 Å². The number of carboxylic acids is 1. The third-order valence-electron chi connectivity index (χ3n) is 3.40. The van der Waals surface area contributed by atoms with E-state index in [-0.39, 0.29) is 11.7 Å². The topological polar surface area (TPSA) is 95.0 Å². The van der Waals surface area contributed by atoms with Crippen molar-refractivity contribution in [2.75, 3.05) is 18.0 Å². The number of aromatic nitrogens is 3. The van der Waals surface area contributed by atoms with Crippen molar-refractivity contribution >= 4 is 23.3 Å². The molecule has 0 aliphatic carbocycles. The minimum Gasteiger partial charge on any atom is -0.476 e. The van der Waals surface area contributed by atoms with Gasteiger partial charge in [-0.25, -0.2) is 9.48 Å². The highest BCUT2D eigenvalue weighted by molar-refractivity contribution is 6.32. The highest BCUT2D eigenvalue weighted by Crippen LogP contribution is 2.30. The fourth-order valence-corrected chi connectivity index (χ4v) is 2.40. The zero-order valence-electron chi connectivity index (χ0n) is 10.8. The van der Waals surface area contributed by atoms with Crippen LogP contribution in [-0.2, 0) is 0 Å².